The molecule has 0 aliphatic rings. The van der Waals surface area contributed by atoms with Gasteiger partial charge in [0.15, 0.2) is 0 Å². The number of alkyl carbamates (subject to hydrolysis) is 1. The largest absolute Gasteiger partial charge is 0.444 e. The molecule has 6 nitrogen and oxygen atoms in total. The molecule has 0 aliphatic heterocycles. The second-order valence-corrected chi connectivity index (χ2v) is 8.52. The van der Waals surface area contributed by atoms with Crippen molar-refractivity contribution in [2.45, 2.75) is 65.5 Å². The van der Waals surface area contributed by atoms with E-state index in [0.29, 0.717) is 5.56 Å². The number of carbonyl (C=O) groups is 2. The van der Waals surface area contributed by atoms with E-state index in [2.05, 4.69) is 29.5 Å². The van der Waals surface area contributed by atoms with Crippen LogP contribution >= 0.6 is 0 Å². The van der Waals surface area contributed by atoms with Gasteiger partial charge in [0, 0.05) is 31.4 Å². The average molecular weight is 378 g/mol. The van der Waals surface area contributed by atoms with Crippen LogP contribution in [0.4, 0.5) is 10.5 Å². The van der Waals surface area contributed by atoms with Gasteiger partial charge in [-0.15, -0.1) is 0 Å². The first kappa shape index (κ1) is 22.8. The molecule has 2 amide bonds. The van der Waals surface area contributed by atoms with Gasteiger partial charge in [-0.1, -0.05) is 13.3 Å². The average Bonchev–Trinajstić information content (AvgIpc) is 2.56. The van der Waals surface area contributed by atoms with Crippen molar-refractivity contribution in [1.29, 1.82) is 0 Å². The van der Waals surface area contributed by atoms with Crippen molar-refractivity contribution in [2.24, 2.45) is 0 Å². The molecule has 1 rings (SSSR count). The number of amides is 2. The Hall–Kier alpha value is -2.24. The van der Waals surface area contributed by atoms with Gasteiger partial charge in [-0.2, -0.15) is 0 Å². The predicted molar refractivity (Wildman–Crippen MR) is 110 cm³/mol. The quantitative estimate of drug-likeness (QED) is 0.719. The number of benzene rings is 1. The number of nitrogens with zero attached hydrogens (tertiary/aromatic N) is 1. The van der Waals surface area contributed by atoms with Gasteiger partial charge < -0.3 is 20.3 Å². The van der Waals surface area contributed by atoms with Crippen molar-refractivity contribution in [3.8, 4) is 0 Å². The summed E-state index contributed by atoms with van der Waals surface area (Å²) in [6.45, 7) is 12.6. The summed E-state index contributed by atoms with van der Waals surface area (Å²) in [6.07, 6.45) is 1.79. The minimum absolute atomic E-state index is 0.172. The fraction of sp³-hybridized carbons (Fsp3) is 0.619. The summed E-state index contributed by atoms with van der Waals surface area (Å²) in [5.74, 6) is -0.172. The van der Waals surface area contributed by atoms with Crippen LogP contribution in [-0.4, -0.2) is 43.3 Å². The third kappa shape index (κ3) is 8.80. The highest BCUT2D eigenvalue weighted by atomic mass is 16.6. The summed E-state index contributed by atoms with van der Waals surface area (Å²) in [6, 6.07) is 7.56. The monoisotopic (exact) mass is 377 g/mol. The Balaban J connectivity index is 2.59. The van der Waals surface area contributed by atoms with E-state index >= 15 is 0 Å². The molecule has 0 fully saturated rings. The number of anilines is 1. The number of hydrogen-bond acceptors (Lipinski definition) is 4. The molecule has 0 bridgehead atoms. The lowest BCUT2D eigenvalue weighted by Gasteiger charge is -2.28. The van der Waals surface area contributed by atoms with Crippen LogP contribution in [-0.2, 0) is 4.74 Å². The maximum atomic E-state index is 12.5. The van der Waals surface area contributed by atoms with Crippen molar-refractivity contribution in [2.75, 3.05) is 25.0 Å². The SMILES string of the molecule is CCCCN(C)c1ccc(C(=O)NC(C)(C)CNC(=O)OC(C)(C)C)cc1. The van der Waals surface area contributed by atoms with E-state index in [0.717, 1.165) is 25.1 Å². The van der Waals surface area contributed by atoms with Crippen molar-refractivity contribution >= 4 is 17.7 Å². The molecule has 1 aromatic carbocycles. The number of rotatable bonds is 8. The van der Waals surface area contributed by atoms with E-state index < -0.39 is 17.2 Å². The van der Waals surface area contributed by atoms with Gasteiger partial charge in [-0.3, -0.25) is 4.79 Å². The van der Waals surface area contributed by atoms with Crippen LogP contribution in [0.1, 0.15) is 64.7 Å². The van der Waals surface area contributed by atoms with E-state index in [-0.39, 0.29) is 12.5 Å². The number of hydrogen-bond donors (Lipinski definition) is 2. The van der Waals surface area contributed by atoms with Crippen LogP contribution in [0.5, 0.6) is 0 Å². The third-order valence-electron chi connectivity index (χ3n) is 3.94. The van der Waals surface area contributed by atoms with E-state index in [4.69, 9.17) is 4.74 Å². The van der Waals surface area contributed by atoms with Crippen LogP contribution in [0.25, 0.3) is 0 Å². The molecule has 152 valence electrons. The van der Waals surface area contributed by atoms with Crippen LogP contribution in [0, 0.1) is 0 Å². The molecule has 0 saturated heterocycles. The second kappa shape index (κ2) is 9.62. The lowest BCUT2D eigenvalue weighted by atomic mass is 10.0. The Morgan fingerprint density at radius 1 is 1.07 bits per heavy atom. The molecule has 1 aromatic rings. The Bertz CT molecular complexity index is 619. The highest BCUT2D eigenvalue weighted by molar-refractivity contribution is 5.95. The van der Waals surface area contributed by atoms with Crippen molar-refractivity contribution in [3.63, 3.8) is 0 Å². The first-order valence-corrected chi connectivity index (χ1v) is 9.54. The first-order valence-electron chi connectivity index (χ1n) is 9.54. The third-order valence-corrected chi connectivity index (χ3v) is 3.94. The Kier molecular flexibility index (Phi) is 8.13. The molecule has 0 atom stereocenters. The van der Waals surface area contributed by atoms with Crippen LogP contribution in [0.15, 0.2) is 24.3 Å². The summed E-state index contributed by atoms with van der Waals surface area (Å²) in [5, 5.41) is 5.65. The Morgan fingerprint density at radius 3 is 2.19 bits per heavy atom. The topological polar surface area (TPSA) is 70.7 Å². The molecule has 0 unspecified atom stereocenters. The zero-order chi connectivity index (χ0) is 20.7. The minimum atomic E-state index is -0.607. The standard InChI is InChI=1S/C21H35N3O3/c1-8-9-14-24(7)17-12-10-16(11-13-17)18(25)23-21(5,6)15-22-19(26)27-20(2,3)4/h10-13H,8-9,14-15H2,1-7H3,(H,22,26)(H,23,25). The van der Waals surface area contributed by atoms with Crippen LogP contribution in [0.2, 0.25) is 0 Å². The molecule has 0 spiro atoms. The van der Waals surface area contributed by atoms with Crippen molar-refractivity contribution in [3.05, 3.63) is 29.8 Å². The fourth-order valence-electron chi connectivity index (χ4n) is 2.42. The zero-order valence-electron chi connectivity index (χ0n) is 17.8. The molecule has 0 heterocycles. The van der Waals surface area contributed by atoms with Gasteiger partial charge >= 0.3 is 6.09 Å². The Morgan fingerprint density at radius 2 is 1.67 bits per heavy atom. The lowest BCUT2D eigenvalue weighted by molar-refractivity contribution is 0.0509. The maximum absolute atomic E-state index is 12.5. The number of nitrogens with one attached hydrogen (secondary N) is 2. The molecule has 6 heteroatoms. The molecular weight excluding hydrogens is 342 g/mol. The van der Waals surface area contributed by atoms with Gasteiger partial charge in [0.2, 0.25) is 0 Å². The summed E-state index contributed by atoms with van der Waals surface area (Å²) >= 11 is 0. The van der Waals surface area contributed by atoms with Crippen molar-refractivity contribution in [1.82, 2.24) is 10.6 Å². The Labute approximate surface area is 163 Å². The van der Waals surface area contributed by atoms with Gasteiger partial charge in [0.05, 0.1) is 5.54 Å². The number of carbonyl (C=O) groups excluding carboxylic acids is 2. The van der Waals surface area contributed by atoms with Gasteiger partial charge in [0.25, 0.3) is 5.91 Å². The van der Waals surface area contributed by atoms with E-state index in [1.807, 2.05) is 58.9 Å². The lowest BCUT2D eigenvalue weighted by Crippen LogP contribution is -2.52. The van der Waals surface area contributed by atoms with Crippen LogP contribution < -0.4 is 15.5 Å². The second-order valence-electron chi connectivity index (χ2n) is 8.52. The highest BCUT2D eigenvalue weighted by Crippen LogP contribution is 2.15. The number of unbranched alkanes of at least 4 members (excludes halogenated alkanes) is 1. The predicted octanol–water partition coefficient (Wildman–Crippen LogP) is 3.96. The van der Waals surface area contributed by atoms with Gasteiger partial charge in [0.1, 0.15) is 5.60 Å². The smallest absolute Gasteiger partial charge is 0.407 e. The molecular formula is C21H35N3O3. The van der Waals surface area contributed by atoms with Gasteiger partial charge in [-0.25, -0.2) is 4.79 Å². The molecule has 27 heavy (non-hydrogen) atoms. The summed E-state index contributed by atoms with van der Waals surface area (Å²) in [7, 11) is 2.05. The van der Waals surface area contributed by atoms with Gasteiger partial charge in [-0.05, 0) is 65.3 Å². The van der Waals surface area contributed by atoms with Crippen LogP contribution in [0.3, 0.4) is 0 Å². The summed E-state index contributed by atoms with van der Waals surface area (Å²) in [4.78, 5) is 26.5. The molecule has 0 aromatic heterocycles. The molecule has 0 aliphatic carbocycles. The summed E-state index contributed by atoms with van der Waals surface area (Å²) in [5.41, 5.74) is 0.521. The zero-order valence-corrected chi connectivity index (χ0v) is 17.8. The molecule has 0 saturated carbocycles. The van der Waals surface area contributed by atoms with E-state index in [1.165, 1.54) is 0 Å². The fourth-order valence-corrected chi connectivity index (χ4v) is 2.42. The number of ether oxygens (including phenoxy) is 1. The van der Waals surface area contributed by atoms with Crippen molar-refractivity contribution < 1.29 is 14.3 Å². The molecule has 2 N–H and O–H groups in total. The minimum Gasteiger partial charge on any atom is -0.444 e. The van der Waals surface area contributed by atoms with E-state index in [9.17, 15) is 9.59 Å². The van der Waals surface area contributed by atoms with E-state index in [1.54, 1.807) is 0 Å². The first-order chi connectivity index (χ1) is 12.4. The highest BCUT2D eigenvalue weighted by Gasteiger charge is 2.24. The molecule has 0 radical (unpaired) electrons. The maximum Gasteiger partial charge on any atom is 0.407 e. The normalized spacial score (nSPS) is 11.7. The summed E-state index contributed by atoms with van der Waals surface area (Å²) < 4.78 is 5.22.